The maximum absolute atomic E-state index is 13.0. The average Bonchev–Trinajstić information content (AvgIpc) is 2.74. The van der Waals surface area contributed by atoms with Gasteiger partial charge in [-0.1, -0.05) is 5.92 Å². The van der Waals surface area contributed by atoms with Crippen LogP contribution in [0.5, 0.6) is 0 Å². The van der Waals surface area contributed by atoms with E-state index in [1.54, 1.807) is 31.2 Å². The van der Waals surface area contributed by atoms with Crippen LogP contribution in [0.4, 0.5) is 11.5 Å². The maximum atomic E-state index is 13.0. The van der Waals surface area contributed by atoms with Crippen molar-refractivity contribution in [3.05, 3.63) is 42.6 Å². The molecule has 2 heterocycles. The SMILES string of the molecule is CC#C[C@@H]1CN(S(=O)(=O)c2ccc(N)nc2)CCN1c1ccc(S(=O)(=O)N(C)C)cc1. The molecule has 2 N–H and O–H groups in total. The molecule has 0 spiro atoms. The van der Waals surface area contributed by atoms with E-state index in [0.29, 0.717) is 6.54 Å². The minimum absolute atomic E-state index is 0.0802. The normalized spacial score (nSPS) is 17.9. The van der Waals surface area contributed by atoms with Gasteiger partial charge in [-0.05, 0) is 43.3 Å². The number of nitrogens with zero attached hydrogens (tertiary/aromatic N) is 4. The second-order valence-corrected chi connectivity index (χ2v) is 11.3. The Labute approximate surface area is 183 Å². The number of nitrogen functional groups attached to an aromatic ring is 1. The monoisotopic (exact) mass is 463 g/mol. The molecule has 1 aliphatic rings. The Morgan fingerprint density at radius 1 is 1.03 bits per heavy atom. The van der Waals surface area contributed by atoms with Crippen LogP contribution < -0.4 is 10.6 Å². The van der Waals surface area contributed by atoms with Gasteiger partial charge in [0.05, 0.1) is 4.90 Å². The van der Waals surface area contributed by atoms with Gasteiger partial charge in [0.2, 0.25) is 20.0 Å². The number of rotatable bonds is 5. The van der Waals surface area contributed by atoms with Gasteiger partial charge in [-0.3, -0.25) is 0 Å². The standard InChI is InChI=1S/C20H25N5O4S2/c1-4-5-17-15-24(31(28,29)19-10-11-20(21)22-14-19)12-13-25(17)16-6-8-18(9-7-16)30(26,27)23(2)3/h6-11,14,17H,12-13,15H2,1-3H3,(H2,21,22)/t17-/m1/s1. The number of hydrogen-bond donors (Lipinski definition) is 1. The van der Waals surface area contributed by atoms with Crippen LogP contribution in [0.1, 0.15) is 6.92 Å². The van der Waals surface area contributed by atoms with E-state index in [0.717, 1.165) is 9.99 Å². The van der Waals surface area contributed by atoms with Crippen molar-refractivity contribution in [2.24, 2.45) is 0 Å². The van der Waals surface area contributed by atoms with Crippen LogP contribution in [-0.2, 0) is 20.0 Å². The highest BCUT2D eigenvalue weighted by Crippen LogP contribution is 2.26. The van der Waals surface area contributed by atoms with Gasteiger partial charge in [-0.2, -0.15) is 4.31 Å². The van der Waals surface area contributed by atoms with E-state index < -0.39 is 20.0 Å². The predicted molar refractivity (Wildman–Crippen MR) is 119 cm³/mol. The van der Waals surface area contributed by atoms with Crippen molar-refractivity contribution in [2.45, 2.75) is 22.8 Å². The molecule has 0 radical (unpaired) electrons. The van der Waals surface area contributed by atoms with Crippen LogP contribution >= 0.6 is 0 Å². The molecule has 1 fully saturated rings. The molecule has 2 aromatic rings. The topological polar surface area (TPSA) is 117 Å². The Bertz CT molecular complexity index is 1200. The van der Waals surface area contributed by atoms with Crippen LogP contribution in [0.15, 0.2) is 52.4 Å². The summed E-state index contributed by atoms with van der Waals surface area (Å²) in [6.07, 6.45) is 1.25. The van der Waals surface area contributed by atoms with E-state index >= 15 is 0 Å². The number of hydrogen-bond acceptors (Lipinski definition) is 7. The number of piperazine rings is 1. The average molecular weight is 464 g/mol. The van der Waals surface area contributed by atoms with E-state index in [4.69, 9.17) is 5.73 Å². The highest BCUT2D eigenvalue weighted by Gasteiger charge is 2.34. The molecule has 0 amide bonds. The number of sulfonamides is 2. The van der Waals surface area contributed by atoms with E-state index in [1.807, 2.05) is 4.90 Å². The maximum Gasteiger partial charge on any atom is 0.244 e. The van der Waals surface area contributed by atoms with Crippen LogP contribution in [0.2, 0.25) is 0 Å². The quantitative estimate of drug-likeness (QED) is 0.652. The second-order valence-electron chi connectivity index (χ2n) is 7.17. The minimum atomic E-state index is -3.74. The lowest BCUT2D eigenvalue weighted by Crippen LogP contribution is -2.54. The first-order chi connectivity index (χ1) is 14.6. The summed E-state index contributed by atoms with van der Waals surface area (Å²) < 4.78 is 53.2. The summed E-state index contributed by atoms with van der Waals surface area (Å²) in [6.45, 7) is 2.53. The van der Waals surface area contributed by atoms with Crippen LogP contribution in [0.3, 0.4) is 0 Å². The van der Waals surface area contributed by atoms with Gasteiger partial charge in [0.25, 0.3) is 0 Å². The first kappa shape index (κ1) is 23.0. The zero-order valence-electron chi connectivity index (χ0n) is 17.6. The zero-order valence-corrected chi connectivity index (χ0v) is 19.2. The fraction of sp³-hybridized carbons (Fsp3) is 0.350. The molecular weight excluding hydrogens is 438 g/mol. The van der Waals surface area contributed by atoms with Crippen molar-refractivity contribution in [1.82, 2.24) is 13.6 Å². The smallest absolute Gasteiger partial charge is 0.244 e. The van der Waals surface area contributed by atoms with Crippen LogP contribution in [0, 0.1) is 11.8 Å². The second kappa shape index (κ2) is 8.84. The molecule has 1 atom stereocenters. The molecule has 166 valence electrons. The number of anilines is 2. The molecule has 1 aliphatic heterocycles. The Balaban J connectivity index is 1.85. The first-order valence-corrected chi connectivity index (χ1v) is 12.4. The van der Waals surface area contributed by atoms with Gasteiger partial charge in [-0.15, -0.1) is 5.92 Å². The third kappa shape index (κ3) is 4.67. The third-order valence-corrected chi connectivity index (χ3v) is 8.68. The van der Waals surface area contributed by atoms with Crippen molar-refractivity contribution >= 4 is 31.6 Å². The Morgan fingerprint density at radius 3 is 2.23 bits per heavy atom. The fourth-order valence-electron chi connectivity index (χ4n) is 3.29. The van der Waals surface area contributed by atoms with Crippen LogP contribution in [-0.4, -0.2) is 70.2 Å². The van der Waals surface area contributed by atoms with E-state index in [-0.39, 0.29) is 34.7 Å². The Hall–Kier alpha value is -2.65. The molecule has 0 bridgehead atoms. The number of benzene rings is 1. The summed E-state index contributed by atoms with van der Waals surface area (Å²) in [6, 6.07) is 9.04. The number of pyridine rings is 1. The predicted octanol–water partition coefficient (Wildman–Crippen LogP) is 0.817. The van der Waals surface area contributed by atoms with Crippen LogP contribution in [0.25, 0.3) is 0 Å². The largest absolute Gasteiger partial charge is 0.384 e. The van der Waals surface area contributed by atoms with E-state index in [2.05, 4.69) is 16.8 Å². The first-order valence-electron chi connectivity index (χ1n) is 9.50. The fourth-order valence-corrected chi connectivity index (χ4v) is 5.57. The lowest BCUT2D eigenvalue weighted by atomic mass is 10.1. The van der Waals surface area contributed by atoms with Crippen molar-refractivity contribution in [1.29, 1.82) is 0 Å². The summed E-state index contributed by atoms with van der Waals surface area (Å²) in [5.74, 6) is 6.18. The van der Waals surface area contributed by atoms with Gasteiger partial charge in [0.15, 0.2) is 0 Å². The zero-order chi connectivity index (χ0) is 22.8. The molecule has 3 rings (SSSR count). The summed E-state index contributed by atoms with van der Waals surface area (Å²) >= 11 is 0. The van der Waals surface area contributed by atoms with Gasteiger partial charge in [-0.25, -0.2) is 26.1 Å². The number of nitrogens with two attached hydrogens (primary N) is 1. The Kier molecular flexibility index (Phi) is 6.56. The molecule has 0 unspecified atom stereocenters. The summed E-state index contributed by atoms with van der Waals surface area (Å²) in [7, 11) is -4.30. The summed E-state index contributed by atoms with van der Waals surface area (Å²) in [4.78, 5) is 6.13. The van der Waals surface area contributed by atoms with Gasteiger partial charge in [0.1, 0.15) is 16.8 Å². The van der Waals surface area contributed by atoms with E-state index in [1.165, 1.54) is 36.7 Å². The molecular formula is C20H25N5O4S2. The van der Waals surface area contributed by atoms with Crippen molar-refractivity contribution in [2.75, 3.05) is 44.4 Å². The van der Waals surface area contributed by atoms with Gasteiger partial charge >= 0.3 is 0 Å². The lowest BCUT2D eigenvalue weighted by Gasteiger charge is -2.39. The third-order valence-electron chi connectivity index (χ3n) is 5.00. The van der Waals surface area contributed by atoms with Gasteiger partial charge in [0, 0.05) is 45.6 Å². The van der Waals surface area contributed by atoms with E-state index in [9.17, 15) is 16.8 Å². The molecule has 1 aromatic heterocycles. The van der Waals surface area contributed by atoms with Crippen molar-refractivity contribution in [3.63, 3.8) is 0 Å². The minimum Gasteiger partial charge on any atom is -0.384 e. The molecule has 31 heavy (non-hydrogen) atoms. The lowest BCUT2D eigenvalue weighted by molar-refractivity contribution is 0.360. The highest BCUT2D eigenvalue weighted by molar-refractivity contribution is 7.89. The molecule has 9 nitrogen and oxygen atoms in total. The van der Waals surface area contributed by atoms with Crippen molar-refractivity contribution in [3.8, 4) is 11.8 Å². The molecule has 0 saturated carbocycles. The molecule has 1 aromatic carbocycles. The molecule has 11 heteroatoms. The molecule has 0 aliphatic carbocycles. The molecule has 1 saturated heterocycles. The summed E-state index contributed by atoms with van der Waals surface area (Å²) in [5.41, 5.74) is 6.34. The highest BCUT2D eigenvalue weighted by atomic mass is 32.2. The Morgan fingerprint density at radius 2 is 1.68 bits per heavy atom. The van der Waals surface area contributed by atoms with Crippen molar-refractivity contribution < 1.29 is 16.8 Å². The number of aromatic nitrogens is 1. The summed E-state index contributed by atoms with van der Waals surface area (Å²) in [5, 5.41) is 0. The van der Waals surface area contributed by atoms with Gasteiger partial charge < -0.3 is 10.6 Å².